The van der Waals surface area contributed by atoms with Gasteiger partial charge in [0.05, 0.1) is 4.34 Å². The Labute approximate surface area is 148 Å². The van der Waals surface area contributed by atoms with Crippen molar-refractivity contribution in [1.29, 1.82) is 0 Å². The van der Waals surface area contributed by atoms with Gasteiger partial charge < -0.3 is 4.98 Å². The summed E-state index contributed by atoms with van der Waals surface area (Å²) in [6, 6.07) is 8.55. The van der Waals surface area contributed by atoms with Gasteiger partial charge >= 0.3 is 0 Å². The van der Waals surface area contributed by atoms with Crippen molar-refractivity contribution in [1.82, 2.24) is 9.71 Å². The third-order valence-corrected chi connectivity index (χ3v) is 6.93. The Morgan fingerprint density at radius 1 is 1.17 bits per heavy atom. The van der Waals surface area contributed by atoms with E-state index < -0.39 is 10.0 Å². The van der Waals surface area contributed by atoms with Crippen LogP contribution in [0.3, 0.4) is 0 Å². The predicted octanol–water partition coefficient (Wildman–Crippen LogP) is 3.34. The van der Waals surface area contributed by atoms with Gasteiger partial charge in [0.2, 0.25) is 10.0 Å². The van der Waals surface area contributed by atoms with E-state index in [1.54, 1.807) is 6.07 Å². The molecule has 0 fully saturated rings. The first-order valence-corrected chi connectivity index (χ1v) is 9.82. The zero-order valence-electron chi connectivity index (χ0n) is 13.0. The highest BCUT2D eigenvalue weighted by atomic mass is 35.5. The number of H-pyrrole nitrogens is 1. The van der Waals surface area contributed by atoms with Gasteiger partial charge in [-0.3, -0.25) is 4.79 Å². The van der Waals surface area contributed by atoms with Crippen LogP contribution in [0.5, 0.6) is 0 Å². The number of aromatic amines is 1. The second-order valence-corrected chi connectivity index (χ2v) is 9.24. The Morgan fingerprint density at radius 2 is 1.88 bits per heavy atom. The number of sulfonamides is 1. The summed E-state index contributed by atoms with van der Waals surface area (Å²) in [7, 11) is -3.69. The summed E-state index contributed by atoms with van der Waals surface area (Å²) in [5.74, 6) is 0. The second-order valence-electron chi connectivity index (χ2n) is 5.53. The Bertz CT molecular complexity index is 1080. The van der Waals surface area contributed by atoms with Crippen LogP contribution in [0.1, 0.15) is 16.7 Å². The minimum Gasteiger partial charge on any atom is -0.322 e. The van der Waals surface area contributed by atoms with E-state index in [0.717, 1.165) is 33.4 Å². The molecule has 126 valence electrons. The number of thiophene rings is 1. The predicted molar refractivity (Wildman–Crippen MR) is 97.4 cm³/mol. The maximum atomic E-state index is 12.2. The molecule has 0 saturated carbocycles. The van der Waals surface area contributed by atoms with Gasteiger partial charge in [0.25, 0.3) is 5.56 Å². The van der Waals surface area contributed by atoms with Crippen LogP contribution < -0.4 is 10.3 Å². The van der Waals surface area contributed by atoms with E-state index in [9.17, 15) is 13.2 Å². The van der Waals surface area contributed by atoms with Crippen molar-refractivity contribution in [2.45, 2.75) is 24.6 Å². The van der Waals surface area contributed by atoms with E-state index in [4.69, 9.17) is 11.6 Å². The third-order valence-electron chi connectivity index (χ3n) is 3.80. The number of nitrogens with one attached hydrogen (secondary N) is 2. The third kappa shape index (κ3) is 3.39. The van der Waals surface area contributed by atoms with Crippen LogP contribution in [0.25, 0.3) is 10.9 Å². The molecule has 0 aliphatic rings. The van der Waals surface area contributed by atoms with Crippen LogP contribution in [-0.4, -0.2) is 13.4 Å². The number of halogens is 1. The topological polar surface area (TPSA) is 79.0 Å². The number of rotatable bonds is 4. The first-order valence-electron chi connectivity index (χ1n) is 7.14. The Hall–Kier alpha value is -1.67. The number of fused-ring (bicyclic) bond motifs is 1. The van der Waals surface area contributed by atoms with Gasteiger partial charge in [0, 0.05) is 17.6 Å². The second kappa shape index (κ2) is 6.33. The normalized spacial score (nSPS) is 12.0. The first-order chi connectivity index (χ1) is 11.3. The lowest BCUT2D eigenvalue weighted by Gasteiger charge is -2.08. The van der Waals surface area contributed by atoms with Crippen LogP contribution in [0.2, 0.25) is 4.34 Å². The van der Waals surface area contributed by atoms with Gasteiger partial charge in [0.1, 0.15) is 4.21 Å². The molecule has 24 heavy (non-hydrogen) atoms. The van der Waals surface area contributed by atoms with Crippen molar-refractivity contribution >= 4 is 43.9 Å². The average molecular weight is 383 g/mol. The number of aryl methyl sites for hydroxylation is 2. The molecule has 2 heterocycles. The van der Waals surface area contributed by atoms with Gasteiger partial charge in [-0.05, 0) is 60.7 Å². The molecule has 5 nitrogen and oxygen atoms in total. The first kappa shape index (κ1) is 17.2. The smallest absolute Gasteiger partial charge is 0.252 e. The molecule has 0 aliphatic carbocycles. The molecule has 0 saturated heterocycles. The largest absolute Gasteiger partial charge is 0.322 e. The van der Waals surface area contributed by atoms with E-state index in [1.807, 2.05) is 26.0 Å². The minimum absolute atomic E-state index is 0.0873. The molecule has 2 aromatic heterocycles. The molecule has 8 heteroatoms. The number of hydrogen-bond acceptors (Lipinski definition) is 4. The molecule has 3 aromatic rings. The van der Waals surface area contributed by atoms with Crippen molar-refractivity contribution in [2.24, 2.45) is 0 Å². The van der Waals surface area contributed by atoms with Crippen LogP contribution in [-0.2, 0) is 16.6 Å². The summed E-state index contributed by atoms with van der Waals surface area (Å²) < 4.78 is 27.4. The van der Waals surface area contributed by atoms with Crippen LogP contribution >= 0.6 is 22.9 Å². The van der Waals surface area contributed by atoms with E-state index in [1.165, 1.54) is 12.1 Å². The minimum atomic E-state index is -3.69. The molecule has 3 rings (SSSR count). The lowest BCUT2D eigenvalue weighted by molar-refractivity contribution is 0.583. The summed E-state index contributed by atoms with van der Waals surface area (Å²) >= 11 is 6.74. The highest BCUT2D eigenvalue weighted by molar-refractivity contribution is 7.91. The fourth-order valence-electron chi connectivity index (χ4n) is 2.34. The van der Waals surface area contributed by atoms with E-state index >= 15 is 0 Å². The van der Waals surface area contributed by atoms with Crippen molar-refractivity contribution in [3.05, 3.63) is 61.7 Å². The molecule has 0 amide bonds. The highest BCUT2D eigenvalue weighted by Gasteiger charge is 2.17. The van der Waals surface area contributed by atoms with Crippen LogP contribution in [0, 0.1) is 13.8 Å². The summed E-state index contributed by atoms with van der Waals surface area (Å²) in [4.78, 5) is 15.0. The monoisotopic (exact) mass is 382 g/mol. The lowest BCUT2D eigenvalue weighted by Crippen LogP contribution is -2.26. The Balaban J connectivity index is 1.91. The number of benzene rings is 1. The molecule has 0 bridgehead atoms. The highest BCUT2D eigenvalue weighted by Crippen LogP contribution is 2.25. The molecule has 0 atom stereocenters. The van der Waals surface area contributed by atoms with Crippen LogP contribution in [0.4, 0.5) is 0 Å². The Morgan fingerprint density at radius 3 is 2.54 bits per heavy atom. The van der Waals surface area contributed by atoms with Gasteiger partial charge in [0.15, 0.2) is 0 Å². The van der Waals surface area contributed by atoms with Crippen LogP contribution in [0.15, 0.2) is 39.3 Å². The van der Waals surface area contributed by atoms with Crippen molar-refractivity contribution in [2.75, 3.05) is 0 Å². The lowest BCUT2D eigenvalue weighted by atomic mass is 10.1. The SMILES string of the molecule is Cc1cc2cc(CNS(=O)(=O)c3ccc(Cl)s3)c(=O)[nH]c2cc1C. The Kier molecular flexibility index (Phi) is 4.52. The van der Waals surface area contributed by atoms with Gasteiger partial charge in [-0.1, -0.05) is 11.6 Å². The van der Waals surface area contributed by atoms with Gasteiger partial charge in [-0.25, -0.2) is 13.1 Å². The maximum absolute atomic E-state index is 12.2. The zero-order valence-corrected chi connectivity index (χ0v) is 15.4. The maximum Gasteiger partial charge on any atom is 0.252 e. The quantitative estimate of drug-likeness (QED) is 0.726. The van der Waals surface area contributed by atoms with Crippen molar-refractivity contribution < 1.29 is 8.42 Å². The summed E-state index contributed by atoms with van der Waals surface area (Å²) in [6.45, 7) is 3.88. The summed E-state index contributed by atoms with van der Waals surface area (Å²) in [6.07, 6.45) is 0. The summed E-state index contributed by atoms with van der Waals surface area (Å²) in [5.41, 5.74) is 2.98. The molecular weight excluding hydrogens is 368 g/mol. The van der Waals surface area contributed by atoms with E-state index in [2.05, 4.69) is 9.71 Å². The van der Waals surface area contributed by atoms with Crippen molar-refractivity contribution in [3.63, 3.8) is 0 Å². The molecular formula is C16H15ClN2O3S2. The molecule has 0 unspecified atom stereocenters. The van der Waals surface area contributed by atoms with E-state index in [-0.39, 0.29) is 16.3 Å². The fourth-order valence-corrected chi connectivity index (χ4v) is 4.87. The molecule has 0 radical (unpaired) electrons. The number of hydrogen-bond donors (Lipinski definition) is 2. The van der Waals surface area contributed by atoms with Crippen molar-refractivity contribution in [3.8, 4) is 0 Å². The van der Waals surface area contributed by atoms with E-state index in [0.29, 0.717) is 9.90 Å². The van der Waals surface area contributed by atoms with Gasteiger partial charge in [-0.2, -0.15) is 0 Å². The summed E-state index contributed by atoms with van der Waals surface area (Å²) in [5, 5.41) is 0.867. The zero-order chi connectivity index (χ0) is 17.5. The average Bonchev–Trinajstić information content (AvgIpc) is 2.95. The fraction of sp³-hybridized carbons (Fsp3) is 0.188. The number of pyridine rings is 1. The number of aromatic nitrogens is 1. The molecule has 0 aliphatic heterocycles. The molecule has 0 spiro atoms. The molecule has 2 N–H and O–H groups in total. The molecule has 1 aromatic carbocycles. The van der Waals surface area contributed by atoms with Gasteiger partial charge in [-0.15, -0.1) is 11.3 Å². The standard InChI is InChI=1S/C16H15ClN2O3S2/c1-9-5-11-7-12(16(20)19-13(11)6-10(9)2)8-18-24(21,22)15-4-3-14(17)23-15/h3-7,18H,8H2,1-2H3,(H,19,20).